The molecule has 4 nitrogen and oxygen atoms in total. The molecule has 70 valence electrons. The molecule has 1 heterocycles. The highest BCUT2D eigenvalue weighted by atomic mass is 16.3. The average molecular weight is 189 g/mol. The van der Waals surface area contributed by atoms with Gasteiger partial charge in [-0.3, -0.25) is 4.79 Å². The molecule has 0 radical (unpaired) electrons. The number of aromatic nitrogens is 1. The van der Waals surface area contributed by atoms with Crippen LogP contribution in [0.2, 0.25) is 0 Å². The third-order valence-corrected chi connectivity index (χ3v) is 1.79. The van der Waals surface area contributed by atoms with Crippen molar-refractivity contribution in [1.82, 2.24) is 4.98 Å². The van der Waals surface area contributed by atoms with Gasteiger partial charge in [-0.05, 0) is 24.3 Å². The smallest absolute Gasteiger partial charge is 0.229 e. The van der Waals surface area contributed by atoms with Crippen molar-refractivity contribution in [1.29, 1.82) is 0 Å². The van der Waals surface area contributed by atoms with Crippen LogP contribution >= 0.6 is 0 Å². The summed E-state index contributed by atoms with van der Waals surface area (Å²) in [6, 6.07) is 5.95. The highest BCUT2D eigenvalue weighted by Gasteiger charge is 2.11. The van der Waals surface area contributed by atoms with Crippen molar-refractivity contribution >= 4 is 5.78 Å². The van der Waals surface area contributed by atoms with Crippen LogP contribution in [0.5, 0.6) is 5.75 Å². The molecular weight excluding hydrogens is 182 g/mol. The summed E-state index contributed by atoms with van der Waals surface area (Å²) in [4.78, 5) is 15.3. The third-order valence-electron chi connectivity index (χ3n) is 1.79. The Hall–Kier alpha value is -2.10. The maximum atomic E-state index is 11.6. The van der Waals surface area contributed by atoms with Crippen LogP contribution < -0.4 is 0 Å². The SMILES string of the molecule is O=C(c1ccc(O)cc1)c1cnco1. The summed E-state index contributed by atoms with van der Waals surface area (Å²) in [5.41, 5.74) is 0.458. The van der Waals surface area contributed by atoms with Gasteiger partial charge in [-0.2, -0.15) is 0 Å². The Morgan fingerprint density at radius 2 is 2.00 bits per heavy atom. The molecule has 14 heavy (non-hydrogen) atoms. The zero-order valence-corrected chi connectivity index (χ0v) is 7.18. The van der Waals surface area contributed by atoms with Gasteiger partial charge in [0.25, 0.3) is 0 Å². The Labute approximate surface area is 79.8 Å². The van der Waals surface area contributed by atoms with E-state index in [9.17, 15) is 4.79 Å². The molecule has 0 saturated heterocycles. The molecule has 2 rings (SSSR count). The Kier molecular flexibility index (Phi) is 2.02. The molecule has 0 aliphatic heterocycles. The van der Waals surface area contributed by atoms with Crippen molar-refractivity contribution in [2.75, 3.05) is 0 Å². The van der Waals surface area contributed by atoms with Crippen LogP contribution in [0, 0.1) is 0 Å². The van der Waals surface area contributed by atoms with Crippen LogP contribution in [0.3, 0.4) is 0 Å². The molecule has 0 atom stereocenters. The quantitative estimate of drug-likeness (QED) is 0.729. The fourth-order valence-electron chi connectivity index (χ4n) is 1.08. The fourth-order valence-corrected chi connectivity index (χ4v) is 1.08. The summed E-state index contributed by atoms with van der Waals surface area (Å²) in [6.45, 7) is 0. The number of hydrogen-bond donors (Lipinski definition) is 1. The maximum absolute atomic E-state index is 11.6. The molecule has 0 spiro atoms. The molecule has 0 fully saturated rings. The van der Waals surface area contributed by atoms with Gasteiger partial charge in [0.05, 0.1) is 6.20 Å². The predicted molar refractivity (Wildman–Crippen MR) is 48.0 cm³/mol. The lowest BCUT2D eigenvalue weighted by Crippen LogP contribution is -1.98. The van der Waals surface area contributed by atoms with E-state index < -0.39 is 0 Å². The minimum atomic E-state index is -0.248. The monoisotopic (exact) mass is 189 g/mol. The van der Waals surface area contributed by atoms with Crippen molar-refractivity contribution in [3.63, 3.8) is 0 Å². The molecule has 0 aliphatic rings. The summed E-state index contributed by atoms with van der Waals surface area (Å²) in [7, 11) is 0. The number of oxazole rings is 1. The highest BCUT2D eigenvalue weighted by molar-refractivity contribution is 6.06. The van der Waals surface area contributed by atoms with Gasteiger partial charge in [0.2, 0.25) is 5.78 Å². The number of phenols is 1. The summed E-state index contributed by atoms with van der Waals surface area (Å²) >= 11 is 0. The molecule has 1 aromatic heterocycles. The fraction of sp³-hybridized carbons (Fsp3) is 0. The number of carbonyl (C=O) groups is 1. The van der Waals surface area contributed by atoms with Gasteiger partial charge in [-0.25, -0.2) is 4.98 Å². The number of rotatable bonds is 2. The minimum Gasteiger partial charge on any atom is -0.508 e. The molecule has 0 saturated carbocycles. The first-order chi connectivity index (χ1) is 6.77. The van der Waals surface area contributed by atoms with Crippen LogP contribution in [0.25, 0.3) is 0 Å². The molecule has 0 aliphatic carbocycles. The molecule has 0 bridgehead atoms. The van der Waals surface area contributed by atoms with E-state index in [0.29, 0.717) is 5.56 Å². The van der Waals surface area contributed by atoms with E-state index in [-0.39, 0.29) is 17.3 Å². The second-order valence-electron chi connectivity index (χ2n) is 2.74. The standard InChI is InChI=1S/C10H7NO3/c12-8-3-1-7(2-4-8)10(13)9-5-11-6-14-9/h1-6,12H. The zero-order valence-electron chi connectivity index (χ0n) is 7.18. The van der Waals surface area contributed by atoms with E-state index in [1.54, 1.807) is 0 Å². The number of ketones is 1. The van der Waals surface area contributed by atoms with Gasteiger partial charge in [-0.15, -0.1) is 0 Å². The normalized spacial score (nSPS) is 10.0. The van der Waals surface area contributed by atoms with Gasteiger partial charge in [-0.1, -0.05) is 0 Å². The summed E-state index contributed by atoms with van der Waals surface area (Å²) in [6.07, 6.45) is 2.56. The van der Waals surface area contributed by atoms with E-state index in [1.165, 1.54) is 36.9 Å². The first kappa shape index (κ1) is 8.50. The lowest BCUT2D eigenvalue weighted by Gasteiger charge is -1.96. The molecule has 0 amide bonds. The molecule has 0 unspecified atom stereocenters. The lowest BCUT2D eigenvalue weighted by atomic mass is 10.1. The molecule has 1 N–H and O–H groups in total. The second-order valence-corrected chi connectivity index (χ2v) is 2.74. The van der Waals surface area contributed by atoms with Crippen LogP contribution in [0.15, 0.2) is 41.3 Å². The molecule has 4 heteroatoms. The molecule has 1 aromatic carbocycles. The van der Waals surface area contributed by atoms with Crippen molar-refractivity contribution in [3.8, 4) is 5.75 Å². The van der Waals surface area contributed by atoms with E-state index in [4.69, 9.17) is 9.52 Å². The Balaban J connectivity index is 2.33. The van der Waals surface area contributed by atoms with E-state index >= 15 is 0 Å². The van der Waals surface area contributed by atoms with E-state index in [2.05, 4.69) is 4.98 Å². The third kappa shape index (κ3) is 1.50. The molecule has 2 aromatic rings. The minimum absolute atomic E-state index is 0.124. The average Bonchev–Trinajstić information content (AvgIpc) is 2.71. The van der Waals surface area contributed by atoms with Crippen molar-refractivity contribution in [2.24, 2.45) is 0 Å². The second kappa shape index (κ2) is 3.33. The lowest BCUT2D eigenvalue weighted by molar-refractivity contribution is 0.101. The zero-order chi connectivity index (χ0) is 9.97. The first-order valence-corrected chi connectivity index (χ1v) is 3.99. The van der Waals surface area contributed by atoms with E-state index in [0.717, 1.165) is 0 Å². The summed E-state index contributed by atoms with van der Waals surface area (Å²) in [5, 5.41) is 9.02. The van der Waals surface area contributed by atoms with Gasteiger partial charge in [0.15, 0.2) is 12.2 Å². The number of benzene rings is 1. The largest absolute Gasteiger partial charge is 0.508 e. The summed E-state index contributed by atoms with van der Waals surface area (Å²) in [5.74, 6) is 0.0670. The van der Waals surface area contributed by atoms with Gasteiger partial charge >= 0.3 is 0 Å². The maximum Gasteiger partial charge on any atom is 0.229 e. The summed E-state index contributed by atoms with van der Waals surface area (Å²) < 4.78 is 4.86. The van der Waals surface area contributed by atoms with Crippen molar-refractivity contribution in [3.05, 3.63) is 48.2 Å². The number of phenolic OH excluding ortho intramolecular Hbond substituents is 1. The van der Waals surface area contributed by atoms with Crippen LogP contribution in [0.1, 0.15) is 16.1 Å². The van der Waals surface area contributed by atoms with Gasteiger partial charge in [0.1, 0.15) is 5.75 Å². The van der Waals surface area contributed by atoms with Gasteiger partial charge < -0.3 is 9.52 Å². The van der Waals surface area contributed by atoms with Crippen LogP contribution in [-0.4, -0.2) is 15.9 Å². The van der Waals surface area contributed by atoms with E-state index in [1.807, 2.05) is 0 Å². The predicted octanol–water partition coefficient (Wildman–Crippen LogP) is 1.61. The number of nitrogens with zero attached hydrogens (tertiary/aromatic N) is 1. The van der Waals surface area contributed by atoms with Crippen molar-refractivity contribution < 1.29 is 14.3 Å². The first-order valence-electron chi connectivity index (χ1n) is 3.99. The number of hydrogen-bond acceptors (Lipinski definition) is 4. The van der Waals surface area contributed by atoms with Crippen LogP contribution in [0.4, 0.5) is 0 Å². The highest BCUT2D eigenvalue weighted by Crippen LogP contribution is 2.13. The Morgan fingerprint density at radius 1 is 1.29 bits per heavy atom. The number of carbonyl (C=O) groups excluding carboxylic acids is 1. The number of aromatic hydroxyl groups is 1. The van der Waals surface area contributed by atoms with Crippen LogP contribution in [-0.2, 0) is 0 Å². The molecular formula is C10H7NO3. The van der Waals surface area contributed by atoms with Crippen molar-refractivity contribution in [2.45, 2.75) is 0 Å². The Morgan fingerprint density at radius 3 is 2.57 bits per heavy atom. The van der Waals surface area contributed by atoms with Gasteiger partial charge in [0, 0.05) is 5.56 Å². The topological polar surface area (TPSA) is 63.3 Å². The Bertz CT molecular complexity index is 431.